The van der Waals surface area contributed by atoms with E-state index in [1.54, 1.807) is 13.2 Å². The Bertz CT molecular complexity index is 546. The Morgan fingerprint density at radius 1 is 1.22 bits per heavy atom. The number of hydrogen-bond donors (Lipinski definition) is 0. The maximum atomic E-state index is 5.90. The zero-order valence-corrected chi connectivity index (χ0v) is 10.9. The molecule has 0 aliphatic heterocycles. The van der Waals surface area contributed by atoms with Crippen LogP contribution in [0.4, 0.5) is 0 Å². The Labute approximate surface area is 111 Å². The SMILES string of the molecule is COCc1nc(Cl)cc(Oc2cccc(C)c2)n1. The Morgan fingerprint density at radius 2 is 2.06 bits per heavy atom. The van der Waals surface area contributed by atoms with Crippen molar-refractivity contribution in [1.82, 2.24) is 9.97 Å². The molecule has 2 rings (SSSR count). The molecule has 0 aliphatic carbocycles. The van der Waals surface area contributed by atoms with Gasteiger partial charge >= 0.3 is 0 Å². The van der Waals surface area contributed by atoms with E-state index in [1.165, 1.54) is 0 Å². The van der Waals surface area contributed by atoms with Crippen molar-refractivity contribution in [1.29, 1.82) is 0 Å². The second kappa shape index (κ2) is 5.80. The number of hydrogen-bond acceptors (Lipinski definition) is 4. The minimum absolute atomic E-state index is 0.296. The van der Waals surface area contributed by atoms with Gasteiger partial charge < -0.3 is 9.47 Å². The molecule has 0 spiro atoms. The molecule has 0 fully saturated rings. The molecule has 18 heavy (non-hydrogen) atoms. The highest BCUT2D eigenvalue weighted by Gasteiger charge is 2.05. The molecule has 2 aromatic rings. The average molecular weight is 265 g/mol. The highest BCUT2D eigenvalue weighted by Crippen LogP contribution is 2.22. The van der Waals surface area contributed by atoms with Gasteiger partial charge in [-0.15, -0.1) is 0 Å². The molecule has 0 saturated heterocycles. The molecule has 0 saturated carbocycles. The summed E-state index contributed by atoms with van der Waals surface area (Å²) < 4.78 is 10.6. The van der Waals surface area contributed by atoms with Gasteiger partial charge in [-0.05, 0) is 24.6 Å². The summed E-state index contributed by atoms with van der Waals surface area (Å²) in [5, 5.41) is 0.333. The number of aromatic nitrogens is 2. The molecule has 0 atom stereocenters. The van der Waals surface area contributed by atoms with Crippen LogP contribution in [-0.4, -0.2) is 17.1 Å². The van der Waals surface area contributed by atoms with Crippen LogP contribution in [0.1, 0.15) is 11.4 Å². The number of halogens is 1. The van der Waals surface area contributed by atoms with Crippen molar-refractivity contribution in [3.8, 4) is 11.6 Å². The predicted molar refractivity (Wildman–Crippen MR) is 69.0 cm³/mol. The second-order valence-electron chi connectivity index (χ2n) is 3.80. The smallest absolute Gasteiger partial charge is 0.224 e. The molecular weight excluding hydrogens is 252 g/mol. The summed E-state index contributed by atoms with van der Waals surface area (Å²) >= 11 is 5.90. The van der Waals surface area contributed by atoms with E-state index < -0.39 is 0 Å². The fraction of sp³-hybridized carbons (Fsp3) is 0.231. The summed E-state index contributed by atoms with van der Waals surface area (Å²) in [5.74, 6) is 1.62. The van der Waals surface area contributed by atoms with Gasteiger partial charge in [-0.25, -0.2) is 4.98 Å². The summed E-state index contributed by atoms with van der Waals surface area (Å²) in [7, 11) is 1.57. The first-order valence-corrected chi connectivity index (χ1v) is 5.82. The van der Waals surface area contributed by atoms with Crippen LogP contribution in [0, 0.1) is 6.92 Å². The number of aryl methyl sites for hydroxylation is 1. The first kappa shape index (κ1) is 12.8. The molecule has 1 aromatic carbocycles. The molecule has 0 aliphatic rings. The summed E-state index contributed by atoms with van der Waals surface area (Å²) in [5.41, 5.74) is 1.12. The zero-order valence-electron chi connectivity index (χ0n) is 10.2. The molecule has 0 bridgehead atoms. The molecule has 1 heterocycles. The maximum Gasteiger partial charge on any atom is 0.224 e. The minimum atomic E-state index is 0.296. The summed E-state index contributed by atoms with van der Waals surface area (Å²) in [6, 6.07) is 9.27. The number of ether oxygens (including phenoxy) is 2. The van der Waals surface area contributed by atoms with Crippen LogP contribution < -0.4 is 4.74 Å². The Morgan fingerprint density at radius 3 is 2.78 bits per heavy atom. The van der Waals surface area contributed by atoms with Gasteiger partial charge in [0.2, 0.25) is 5.88 Å². The van der Waals surface area contributed by atoms with E-state index in [2.05, 4.69) is 9.97 Å². The van der Waals surface area contributed by atoms with E-state index in [0.717, 1.165) is 5.56 Å². The number of rotatable bonds is 4. The fourth-order valence-electron chi connectivity index (χ4n) is 1.49. The van der Waals surface area contributed by atoms with Crippen molar-refractivity contribution < 1.29 is 9.47 Å². The van der Waals surface area contributed by atoms with Crippen LogP contribution in [-0.2, 0) is 11.3 Å². The first-order valence-electron chi connectivity index (χ1n) is 5.44. The molecule has 0 unspecified atom stereocenters. The lowest BCUT2D eigenvalue weighted by atomic mass is 10.2. The lowest BCUT2D eigenvalue weighted by molar-refractivity contribution is 0.177. The Hall–Kier alpha value is -1.65. The van der Waals surface area contributed by atoms with Crippen LogP contribution in [0.25, 0.3) is 0 Å². The van der Waals surface area contributed by atoms with Gasteiger partial charge in [-0.3, -0.25) is 0 Å². The predicted octanol–water partition coefficient (Wildman–Crippen LogP) is 3.38. The summed E-state index contributed by atoms with van der Waals surface area (Å²) in [6.45, 7) is 2.29. The van der Waals surface area contributed by atoms with Crippen molar-refractivity contribution in [2.45, 2.75) is 13.5 Å². The highest BCUT2D eigenvalue weighted by molar-refractivity contribution is 6.29. The third-order valence-corrected chi connectivity index (χ3v) is 2.40. The first-order chi connectivity index (χ1) is 8.67. The van der Waals surface area contributed by atoms with Gasteiger partial charge in [-0.1, -0.05) is 23.7 Å². The van der Waals surface area contributed by atoms with E-state index in [-0.39, 0.29) is 0 Å². The van der Waals surface area contributed by atoms with Gasteiger partial charge in [0.25, 0.3) is 0 Å². The van der Waals surface area contributed by atoms with E-state index in [4.69, 9.17) is 21.1 Å². The molecule has 1 aromatic heterocycles. The van der Waals surface area contributed by atoms with Gasteiger partial charge in [0, 0.05) is 13.2 Å². The van der Waals surface area contributed by atoms with Crippen LogP contribution in [0.2, 0.25) is 5.15 Å². The van der Waals surface area contributed by atoms with Crippen molar-refractivity contribution in [3.63, 3.8) is 0 Å². The largest absolute Gasteiger partial charge is 0.439 e. The van der Waals surface area contributed by atoms with Gasteiger partial charge in [0.1, 0.15) is 17.5 Å². The molecule has 0 radical (unpaired) electrons. The van der Waals surface area contributed by atoms with Crippen LogP contribution in [0.15, 0.2) is 30.3 Å². The van der Waals surface area contributed by atoms with E-state index >= 15 is 0 Å². The standard InChI is InChI=1S/C13H13ClN2O2/c1-9-4-3-5-10(6-9)18-13-7-11(14)15-12(16-13)8-17-2/h3-7H,8H2,1-2H3. The topological polar surface area (TPSA) is 44.2 Å². The maximum absolute atomic E-state index is 5.90. The van der Waals surface area contributed by atoms with Crippen LogP contribution in [0.5, 0.6) is 11.6 Å². The van der Waals surface area contributed by atoms with Crippen molar-refractivity contribution in [2.75, 3.05) is 7.11 Å². The van der Waals surface area contributed by atoms with Gasteiger partial charge in [0.05, 0.1) is 0 Å². The zero-order chi connectivity index (χ0) is 13.0. The molecule has 0 amide bonds. The molecule has 4 nitrogen and oxygen atoms in total. The number of nitrogens with zero attached hydrogens (tertiary/aromatic N) is 2. The molecule has 94 valence electrons. The quantitative estimate of drug-likeness (QED) is 0.794. The molecule has 5 heteroatoms. The molecule has 0 N–H and O–H groups in total. The van der Waals surface area contributed by atoms with Gasteiger partial charge in [0.15, 0.2) is 5.82 Å². The fourth-order valence-corrected chi connectivity index (χ4v) is 1.68. The lowest BCUT2D eigenvalue weighted by Crippen LogP contribution is -1.99. The normalized spacial score (nSPS) is 10.4. The highest BCUT2D eigenvalue weighted by atomic mass is 35.5. The second-order valence-corrected chi connectivity index (χ2v) is 4.18. The van der Waals surface area contributed by atoms with Crippen molar-refractivity contribution in [2.24, 2.45) is 0 Å². The third-order valence-electron chi connectivity index (χ3n) is 2.20. The lowest BCUT2D eigenvalue weighted by Gasteiger charge is -2.07. The van der Waals surface area contributed by atoms with E-state index in [9.17, 15) is 0 Å². The Kier molecular flexibility index (Phi) is 4.12. The number of methoxy groups -OCH3 is 1. The van der Waals surface area contributed by atoms with Crippen molar-refractivity contribution in [3.05, 3.63) is 46.9 Å². The van der Waals surface area contributed by atoms with Gasteiger partial charge in [-0.2, -0.15) is 4.98 Å². The van der Waals surface area contributed by atoms with E-state index in [1.807, 2.05) is 31.2 Å². The Balaban J connectivity index is 2.23. The third kappa shape index (κ3) is 3.42. The molecular formula is C13H13ClN2O2. The van der Waals surface area contributed by atoms with Crippen LogP contribution in [0.3, 0.4) is 0 Å². The monoisotopic (exact) mass is 264 g/mol. The summed E-state index contributed by atoms with van der Waals surface area (Å²) in [6.07, 6.45) is 0. The summed E-state index contributed by atoms with van der Waals surface area (Å²) in [4.78, 5) is 8.24. The van der Waals surface area contributed by atoms with Crippen LogP contribution >= 0.6 is 11.6 Å². The average Bonchev–Trinajstić information content (AvgIpc) is 2.28. The van der Waals surface area contributed by atoms with Crippen molar-refractivity contribution >= 4 is 11.6 Å². The number of benzene rings is 1. The minimum Gasteiger partial charge on any atom is -0.439 e. The van der Waals surface area contributed by atoms with E-state index in [0.29, 0.717) is 29.2 Å².